The molecule has 9 heteroatoms. The first-order valence-electron chi connectivity index (χ1n) is 15.1. The van der Waals surface area contributed by atoms with E-state index in [2.05, 4.69) is 83.9 Å². The molecule has 0 saturated carbocycles. The molecule has 3 aromatic rings. The average Bonchev–Trinajstić information content (AvgIpc) is 3.02. The Morgan fingerprint density at radius 2 is 0.711 bits per heavy atom. The molecule has 3 aromatic carbocycles. The van der Waals surface area contributed by atoms with Crippen LogP contribution in [0.15, 0.2) is 88.9 Å². The third-order valence-electron chi connectivity index (χ3n) is 7.71. The zero-order valence-corrected chi connectivity index (χ0v) is 32.4. The third-order valence-corrected chi connectivity index (χ3v) is 17.7. The summed E-state index contributed by atoms with van der Waals surface area (Å²) in [5, 5.41) is 2.39. The van der Waals surface area contributed by atoms with Crippen molar-refractivity contribution >= 4 is 100 Å². The summed E-state index contributed by atoms with van der Waals surface area (Å²) in [4.78, 5) is 0. The van der Waals surface area contributed by atoms with Crippen LogP contribution >= 0.6 is 100 Å². The number of thioether (sulfide) groups is 3. The van der Waals surface area contributed by atoms with Crippen LogP contribution < -0.4 is 0 Å². The molecule has 234 valence electrons. The fourth-order valence-corrected chi connectivity index (χ4v) is 14.8. The van der Waals surface area contributed by atoms with Crippen LogP contribution in [0.25, 0.3) is 0 Å². The van der Waals surface area contributed by atoms with E-state index in [-0.39, 0.29) is 0 Å². The first-order chi connectivity index (χ1) is 22.2. The summed E-state index contributed by atoms with van der Waals surface area (Å²) in [6, 6.07) is 21.7. The molecule has 6 heterocycles. The summed E-state index contributed by atoms with van der Waals surface area (Å²) in [5.41, 5.74) is 18.0. The van der Waals surface area contributed by atoms with Crippen LogP contribution in [0.3, 0.4) is 0 Å². The summed E-state index contributed by atoms with van der Waals surface area (Å²) in [6.45, 7) is 0. The van der Waals surface area contributed by atoms with Gasteiger partial charge in [-0.05, 0) is 73.0 Å². The molecule has 0 unspecified atom stereocenters. The summed E-state index contributed by atoms with van der Waals surface area (Å²) < 4.78 is 0. The van der Waals surface area contributed by atoms with Crippen LogP contribution in [-0.4, -0.2) is 11.5 Å². The van der Waals surface area contributed by atoms with E-state index < -0.39 is 0 Å². The zero-order chi connectivity index (χ0) is 30.3. The van der Waals surface area contributed by atoms with Gasteiger partial charge in [0.15, 0.2) is 0 Å². The van der Waals surface area contributed by atoms with Gasteiger partial charge in [-0.3, -0.25) is 0 Å². The molecule has 7 aliphatic rings. The molecule has 0 atom stereocenters. The van der Waals surface area contributed by atoms with Crippen LogP contribution in [-0.2, 0) is 51.8 Å². The maximum atomic E-state index is 2.45. The van der Waals surface area contributed by atoms with Gasteiger partial charge in [-0.1, -0.05) is 137 Å². The zero-order valence-electron chi connectivity index (χ0n) is 25.1. The van der Waals surface area contributed by atoms with Crippen molar-refractivity contribution in [3.8, 4) is 0 Å². The summed E-state index contributed by atoms with van der Waals surface area (Å²) in [7, 11) is 12.0. The van der Waals surface area contributed by atoms with E-state index in [1.165, 1.54) is 67.0 Å². The number of fused-ring (bicyclic) bond motifs is 15. The highest BCUT2D eigenvalue weighted by Crippen LogP contribution is 2.38. The van der Waals surface area contributed by atoms with Crippen LogP contribution in [0.2, 0.25) is 0 Å². The van der Waals surface area contributed by atoms with E-state index in [0.717, 1.165) is 63.9 Å². The van der Waals surface area contributed by atoms with Gasteiger partial charge in [0.25, 0.3) is 0 Å². The van der Waals surface area contributed by atoms with Crippen LogP contribution in [0.4, 0.5) is 0 Å². The highest BCUT2D eigenvalue weighted by atomic mass is 33.1. The SMILES string of the molecule is C1=C2C=C3CSCc4cc(cc(c4)CSC2)CSC=C1C3.c1c2cc3cc1CSSCc1cc(cc(c1)CSSC3)CSSC2. The number of hydrogen-bond donors (Lipinski definition) is 0. The summed E-state index contributed by atoms with van der Waals surface area (Å²) >= 11 is 6.07. The number of rotatable bonds is 0. The van der Waals surface area contributed by atoms with Gasteiger partial charge in [0, 0.05) is 63.3 Å². The number of allylic oxidation sites excluding steroid dienone is 3. The van der Waals surface area contributed by atoms with Crippen molar-refractivity contribution in [3.05, 3.63) is 139 Å². The van der Waals surface area contributed by atoms with Crippen molar-refractivity contribution in [1.82, 2.24) is 0 Å². The maximum Gasteiger partial charge on any atom is 0.0289 e. The summed E-state index contributed by atoms with van der Waals surface area (Å²) in [5.74, 6) is 12.3. The van der Waals surface area contributed by atoms with Gasteiger partial charge in [-0.25, -0.2) is 0 Å². The number of benzene rings is 3. The predicted molar refractivity (Wildman–Crippen MR) is 220 cm³/mol. The Balaban J connectivity index is 0.000000146. The average molecular weight is 757 g/mol. The second kappa shape index (κ2) is 17.1. The lowest BCUT2D eigenvalue weighted by atomic mass is 9.98. The third kappa shape index (κ3) is 10.3. The lowest BCUT2D eigenvalue weighted by molar-refractivity contribution is 1.12. The van der Waals surface area contributed by atoms with E-state index in [0.29, 0.717) is 0 Å². The van der Waals surface area contributed by atoms with Crippen LogP contribution in [0.5, 0.6) is 0 Å². The minimum atomic E-state index is 1.10. The van der Waals surface area contributed by atoms with E-state index in [1.54, 1.807) is 5.57 Å². The molecule has 0 amide bonds. The molecular formula is C36H36S9. The topological polar surface area (TPSA) is 0 Å². The Kier molecular flexibility index (Phi) is 12.7. The second-order valence-electron chi connectivity index (χ2n) is 11.7. The fraction of sp³-hybridized carbons (Fsp3) is 0.333. The van der Waals surface area contributed by atoms with Gasteiger partial charge in [0.2, 0.25) is 0 Å². The van der Waals surface area contributed by atoms with Crippen LogP contribution in [0, 0.1) is 0 Å². The van der Waals surface area contributed by atoms with Gasteiger partial charge >= 0.3 is 0 Å². The molecule has 45 heavy (non-hydrogen) atoms. The van der Waals surface area contributed by atoms with E-state index >= 15 is 0 Å². The van der Waals surface area contributed by atoms with Crippen molar-refractivity contribution in [2.75, 3.05) is 11.5 Å². The quantitative estimate of drug-likeness (QED) is 0.204. The van der Waals surface area contributed by atoms with Gasteiger partial charge in [-0.2, -0.15) is 23.5 Å². The largest absolute Gasteiger partial charge is 0.153 e. The van der Waals surface area contributed by atoms with E-state index in [1.807, 2.05) is 88.3 Å². The molecule has 10 rings (SSSR count). The predicted octanol–water partition coefficient (Wildman–Crippen LogP) is 13.1. The molecule has 0 spiro atoms. The van der Waals surface area contributed by atoms with E-state index in [9.17, 15) is 0 Å². The lowest BCUT2D eigenvalue weighted by Gasteiger charge is -2.19. The first kappa shape index (κ1) is 33.5. The molecule has 0 saturated heterocycles. The van der Waals surface area contributed by atoms with Gasteiger partial charge < -0.3 is 0 Å². The molecule has 12 bridgehead atoms. The molecule has 1 aliphatic carbocycles. The maximum absolute atomic E-state index is 2.45. The minimum absolute atomic E-state index is 1.10. The Morgan fingerprint density at radius 3 is 1.16 bits per heavy atom. The van der Waals surface area contributed by atoms with Gasteiger partial charge in [0.1, 0.15) is 0 Å². The van der Waals surface area contributed by atoms with Crippen molar-refractivity contribution in [3.63, 3.8) is 0 Å². The molecule has 6 aliphatic heterocycles. The molecular weight excluding hydrogens is 721 g/mol. The highest BCUT2D eigenvalue weighted by molar-refractivity contribution is 8.76. The smallest absolute Gasteiger partial charge is 0.0289 e. The lowest BCUT2D eigenvalue weighted by Crippen LogP contribution is -2.02. The Morgan fingerprint density at radius 1 is 0.333 bits per heavy atom. The first-order valence-corrected chi connectivity index (χ1v) is 26.0. The van der Waals surface area contributed by atoms with Gasteiger partial charge in [-0.15, -0.1) is 11.8 Å². The minimum Gasteiger partial charge on any atom is -0.153 e. The van der Waals surface area contributed by atoms with Crippen molar-refractivity contribution in [1.29, 1.82) is 0 Å². The van der Waals surface area contributed by atoms with Crippen LogP contribution in [0.1, 0.15) is 56.5 Å². The Labute approximate surface area is 305 Å². The highest BCUT2D eigenvalue weighted by Gasteiger charge is 2.14. The molecule has 0 fully saturated rings. The Hall–Kier alpha value is 0.0300. The van der Waals surface area contributed by atoms with Gasteiger partial charge in [0.05, 0.1) is 0 Å². The number of hydrogen-bond acceptors (Lipinski definition) is 9. The monoisotopic (exact) mass is 756 g/mol. The van der Waals surface area contributed by atoms with E-state index in [4.69, 9.17) is 0 Å². The summed E-state index contributed by atoms with van der Waals surface area (Å²) in [6.07, 6.45) is 6.02. The molecule has 0 radical (unpaired) electrons. The van der Waals surface area contributed by atoms with Crippen molar-refractivity contribution < 1.29 is 0 Å². The van der Waals surface area contributed by atoms with Crippen molar-refractivity contribution in [2.45, 2.75) is 58.2 Å². The van der Waals surface area contributed by atoms with Crippen molar-refractivity contribution in [2.24, 2.45) is 0 Å². The molecule has 0 nitrogen and oxygen atoms in total. The second-order valence-corrected chi connectivity index (χ2v) is 22.0. The Bertz CT molecular complexity index is 1420. The normalized spacial score (nSPS) is 19.9. The molecule has 0 N–H and O–H groups in total. The fourth-order valence-electron chi connectivity index (χ4n) is 5.92. The molecule has 0 aromatic heterocycles. The standard InChI is InChI=1S/C18H18S6.C18H18S3/c1-13-2-15-3-14(1)8-20-22-11-17-4-16(10-21-19-7-13)5-18(6-17)12-24-23-9-15;1-13-2-15-3-14(1)8-20-11-17-4-16(10-19-7-13)5-18(6-17)12-21-9-15/h1-6H,7-12H2;1-5,11H,6-10,12H2.